The Morgan fingerprint density at radius 3 is 2.50 bits per heavy atom. The number of hydrogen-bond acceptors (Lipinski definition) is 3. The van der Waals surface area contributed by atoms with Crippen LogP contribution in [0.3, 0.4) is 0 Å². The van der Waals surface area contributed by atoms with Gasteiger partial charge in [-0.1, -0.05) is 50.2 Å². The summed E-state index contributed by atoms with van der Waals surface area (Å²) in [6, 6.07) is 15.2. The van der Waals surface area contributed by atoms with Crippen LogP contribution in [0, 0.1) is 0 Å². The minimum atomic E-state index is -0.386. The van der Waals surface area contributed by atoms with E-state index >= 15 is 0 Å². The van der Waals surface area contributed by atoms with Crippen LogP contribution in [0.15, 0.2) is 48.5 Å². The Bertz CT molecular complexity index is 859. The lowest BCUT2D eigenvalue weighted by atomic mass is 10.0. The number of carbonyl (C=O) groups excluding carboxylic acids is 3. The Morgan fingerprint density at radius 2 is 1.86 bits per heavy atom. The van der Waals surface area contributed by atoms with Crippen molar-refractivity contribution < 1.29 is 14.4 Å². The second kappa shape index (κ2) is 8.69. The summed E-state index contributed by atoms with van der Waals surface area (Å²) in [4.78, 5) is 36.8. The fourth-order valence-electron chi connectivity index (χ4n) is 3.10. The zero-order valence-electron chi connectivity index (χ0n) is 16.2. The normalized spacial score (nSPS) is 13.8. The molecule has 0 atom stereocenters. The van der Waals surface area contributed by atoms with Crippen LogP contribution in [0.25, 0.3) is 0 Å². The van der Waals surface area contributed by atoms with Gasteiger partial charge in [-0.15, -0.1) is 0 Å². The Morgan fingerprint density at radius 1 is 1.11 bits per heavy atom. The molecule has 0 radical (unpaired) electrons. The highest BCUT2D eigenvalue weighted by molar-refractivity contribution is 6.01. The van der Waals surface area contributed by atoms with E-state index in [2.05, 4.69) is 48.7 Å². The summed E-state index contributed by atoms with van der Waals surface area (Å²) in [6.07, 6.45) is 1.06. The van der Waals surface area contributed by atoms with E-state index in [0.717, 1.165) is 11.1 Å². The number of nitrogens with one attached hydrogen (secondary N) is 2. The average molecular weight is 379 g/mol. The van der Waals surface area contributed by atoms with Crippen LogP contribution in [0.2, 0.25) is 0 Å². The molecule has 4 amide bonds. The zero-order chi connectivity index (χ0) is 20.1. The molecule has 2 aromatic carbocycles. The van der Waals surface area contributed by atoms with Crippen molar-refractivity contribution in [3.05, 3.63) is 65.2 Å². The maximum Gasteiger partial charge on any atom is 0.324 e. The molecule has 1 aliphatic heterocycles. The van der Waals surface area contributed by atoms with Gasteiger partial charge in [0.2, 0.25) is 11.8 Å². The lowest BCUT2D eigenvalue weighted by Gasteiger charge is -2.13. The maximum absolute atomic E-state index is 12.3. The molecule has 0 aliphatic carbocycles. The highest BCUT2D eigenvalue weighted by atomic mass is 16.2. The van der Waals surface area contributed by atoms with Crippen LogP contribution in [0.1, 0.15) is 42.9 Å². The van der Waals surface area contributed by atoms with Crippen molar-refractivity contribution >= 4 is 23.5 Å². The van der Waals surface area contributed by atoms with Crippen LogP contribution in [0.4, 0.5) is 10.5 Å². The number of benzene rings is 2. The number of urea groups is 1. The largest absolute Gasteiger partial charge is 0.329 e. The van der Waals surface area contributed by atoms with E-state index in [1.165, 1.54) is 10.5 Å². The lowest BCUT2D eigenvalue weighted by molar-refractivity contribution is -0.125. The molecule has 2 aromatic rings. The van der Waals surface area contributed by atoms with E-state index in [1.807, 2.05) is 6.07 Å². The summed E-state index contributed by atoms with van der Waals surface area (Å²) in [5, 5.41) is 5.38. The molecular formula is C22H25N3O3. The van der Waals surface area contributed by atoms with Crippen molar-refractivity contribution in [2.75, 3.05) is 11.9 Å². The van der Waals surface area contributed by atoms with Crippen molar-refractivity contribution in [3.63, 3.8) is 0 Å². The smallest absolute Gasteiger partial charge is 0.324 e. The molecule has 28 heavy (non-hydrogen) atoms. The van der Waals surface area contributed by atoms with Gasteiger partial charge in [-0.3, -0.25) is 14.5 Å². The van der Waals surface area contributed by atoms with Gasteiger partial charge in [0.05, 0.1) is 13.1 Å². The van der Waals surface area contributed by atoms with E-state index in [9.17, 15) is 14.4 Å². The summed E-state index contributed by atoms with van der Waals surface area (Å²) in [7, 11) is 0. The molecule has 6 nitrogen and oxygen atoms in total. The molecule has 6 heteroatoms. The summed E-state index contributed by atoms with van der Waals surface area (Å²) in [5.74, 6) is 0.176. The van der Waals surface area contributed by atoms with E-state index in [4.69, 9.17) is 0 Å². The van der Waals surface area contributed by atoms with Gasteiger partial charge in [0.1, 0.15) is 0 Å². The first kappa shape index (κ1) is 19.6. The molecule has 3 rings (SSSR count). The summed E-state index contributed by atoms with van der Waals surface area (Å²) < 4.78 is 0. The molecule has 1 saturated heterocycles. The minimum Gasteiger partial charge on any atom is -0.329 e. The minimum absolute atomic E-state index is 0.0351. The van der Waals surface area contributed by atoms with E-state index in [0.29, 0.717) is 24.4 Å². The fourth-order valence-corrected chi connectivity index (χ4v) is 3.10. The summed E-state index contributed by atoms with van der Waals surface area (Å²) in [6.45, 7) is 4.54. The quantitative estimate of drug-likeness (QED) is 0.724. The molecule has 0 saturated carbocycles. The second-order valence-corrected chi connectivity index (χ2v) is 7.28. The molecule has 0 aromatic heterocycles. The van der Waals surface area contributed by atoms with E-state index in [1.54, 1.807) is 18.2 Å². The number of rotatable bonds is 7. The monoisotopic (exact) mass is 379 g/mol. The lowest BCUT2D eigenvalue weighted by Crippen LogP contribution is -2.30. The van der Waals surface area contributed by atoms with Crippen LogP contribution < -0.4 is 10.6 Å². The highest BCUT2D eigenvalue weighted by Gasteiger charge is 2.28. The van der Waals surface area contributed by atoms with E-state index < -0.39 is 0 Å². The summed E-state index contributed by atoms with van der Waals surface area (Å²) in [5.41, 5.74) is 3.86. The Hall–Kier alpha value is -3.15. The molecule has 1 aliphatic rings. The van der Waals surface area contributed by atoms with Gasteiger partial charge in [0.15, 0.2) is 0 Å². The van der Waals surface area contributed by atoms with Crippen LogP contribution in [0.5, 0.6) is 0 Å². The second-order valence-electron chi connectivity index (χ2n) is 7.28. The van der Waals surface area contributed by atoms with Crippen molar-refractivity contribution in [2.45, 2.75) is 39.2 Å². The molecule has 0 bridgehead atoms. The number of amides is 4. The molecule has 0 spiro atoms. The van der Waals surface area contributed by atoms with Gasteiger partial charge in [-0.05, 0) is 41.2 Å². The molecule has 0 unspecified atom stereocenters. The third-order valence-corrected chi connectivity index (χ3v) is 4.78. The van der Waals surface area contributed by atoms with Gasteiger partial charge in [0, 0.05) is 12.1 Å². The first-order valence-electron chi connectivity index (χ1n) is 9.48. The van der Waals surface area contributed by atoms with Crippen LogP contribution in [-0.4, -0.2) is 29.3 Å². The van der Waals surface area contributed by atoms with Crippen molar-refractivity contribution in [1.29, 1.82) is 0 Å². The molecule has 1 heterocycles. The highest BCUT2D eigenvalue weighted by Crippen LogP contribution is 2.17. The fraction of sp³-hybridized carbons (Fsp3) is 0.318. The molecule has 2 N–H and O–H groups in total. The maximum atomic E-state index is 12.3. The third-order valence-electron chi connectivity index (χ3n) is 4.78. The number of hydrogen-bond donors (Lipinski definition) is 2. The van der Waals surface area contributed by atoms with Gasteiger partial charge in [-0.2, -0.15) is 0 Å². The van der Waals surface area contributed by atoms with Crippen molar-refractivity contribution in [1.82, 2.24) is 10.2 Å². The average Bonchev–Trinajstić information content (AvgIpc) is 2.99. The van der Waals surface area contributed by atoms with Crippen molar-refractivity contribution in [2.24, 2.45) is 0 Å². The standard InChI is InChI=1S/C22H25N3O3/c1-15(2)18-9-6-16(7-10-18)8-11-20(26)24-19-5-3-4-17(12-19)14-25-21(27)13-23-22(25)28/h3-7,9-10,12,15H,8,11,13-14H2,1-2H3,(H,23,28)(H,24,26). The molecule has 146 valence electrons. The Balaban J connectivity index is 1.54. The first-order valence-corrected chi connectivity index (χ1v) is 9.48. The SMILES string of the molecule is CC(C)c1ccc(CCC(=O)Nc2cccc(CN3C(=O)CNC3=O)c2)cc1. The number of aryl methyl sites for hydroxylation is 1. The zero-order valence-corrected chi connectivity index (χ0v) is 16.2. The molecule has 1 fully saturated rings. The van der Waals surface area contributed by atoms with Gasteiger partial charge < -0.3 is 10.6 Å². The Labute approximate surface area is 164 Å². The molecular weight excluding hydrogens is 354 g/mol. The van der Waals surface area contributed by atoms with Gasteiger partial charge in [0.25, 0.3) is 0 Å². The van der Waals surface area contributed by atoms with E-state index in [-0.39, 0.29) is 30.9 Å². The number of nitrogens with zero attached hydrogens (tertiary/aromatic N) is 1. The van der Waals surface area contributed by atoms with Gasteiger partial charge in [-0.25, -0.2) is 4.79 Å². The number of anilines is 1. The number of imide groups is 1. The van der Waals surface area contributed by atoms with Crippen molar-refractivity contribution in [3.8, 4) is 0 Å². The predicted octanol–water partition coefficient (Wildman–Crippen LogP) is 3.43. The van der Waals surface area contributed by atoms with Crippen LogP contribution in [-0.2, 0) is 22.6 Å². The first-order chi connectivity index (χ1) is 13.4. The van der Waals surface area contributed by atoms with Crippen LogP contribution >= 0.6 is 0 Å². The van der Waals surface area contributed by atoms with Gasteiger partial charge >= 0.3 is 6.03 Å². The number of carbonyl (C=O) groups is 3. The third kappa shape index (κ3) is 4.97. The Kier molecular flexibility index (Phi) is 6.09. The topological polar surface area (TPSA) is 78.5 Å². The predicted molar refractivity (Wildman–Crippen MR) is 108 cm³/mol. The summed E-state index contributed by atoms with van der Waals surface area (Å²) >= 11 is 0.